The van der Waals surface area contributed by atoms with Gasteiger partial charge in [0.15, 0.2) is 0 Å². The van der Waals surface area contributed by atoms with Crippen LogP contribution in [0.2, 0.25) is 0 Å². The van der Waals surface area contributed by atoms with Crippen molar-refractivity contribution in [1.29, 1.82) is 5.26 Å². The fourth-order valence-corrected chi connectivity index (χ4v) is 1.09. The van der Waals surface area contributed by atoms with Crippen LogP contribution in [0.25, 0.3) is 0 Å². The van der Waals surface area contributed by atoms with Gasteiger partial charge in [0.25, 0.3) is 0 Å². The van der Waals surface area contributed by atoms with E-state index < -0.39 is 0 Å². The molecule has 4 heteroatoms. The second kappa shape index (κ2) is 3.37. The predicted octanol–water partition coefficient (Wildman–Crippen LogP) is 0.513. The van der Waals surface area contributed by atoms with Crippen LogP contribution in [0.5, 0.6) is 0 Å². The van der Waals surface area contributed by atoms with Crippen LogP contribution in [0, 0.1) is 18.3 Å². The smallest absolute Gasteiger partial charge is 0.124 e. The zero-order valence-corrected chi connectivity index (χ0v) is 7.50. The van der Waals surface area contributed by atoms with Gasteiger partial charge in [0, 0.05) is 18.3 Å². The molecule has 0 saturated heterocycles. The van der Waals surface area contributed by atoms with Gasteiger partial charge in [-0.3, -0.25) is 4.68 Å². The first-order chi connectivity index (χ1) is 5.70. The van der Waals surface area contributed by atoms with Crippen LogP contribution in [0.1, 0.15) is 17.3 Å². The highest BCUT2D eigenvalue weighted by atomic mass is 15.3. The number of aryl methyl sites for hydroxylation is 1. The van der Waals surface area contributed by atoms with Crippen molar-refractivity contribution in [2.75, 3.05) is 7.05 Å². The molecule has 0 aromatic carbocycles. The van der Waals surface area contributed by atoms with Crippen molar-refractivity contribution in [3.63, 3.8) is 0 Å². The van der Waals surface area contributed by atoms with E-state index in [1.807, 2.05) is 14.0 Å². The Morgan fingerprint density at radius 3 is 2.75 bits per heavy atom. The zero-order valence-electron chi connectivity index (χ0n) is 7.50. The maximum Gasteiger partial charge on any atom is 0.124 e. The molecule has 4 nitrogen and oxygen atoms in total. The highest BCUT2D eigenvalue weighted by Gasteiger charge is 2.13. The lowest BCUT2D eigenvalue weighted by Gasteiger charge is -2.05. The Kier molecular flexibility index (Phi) is 2.46. The van der Waals surface area contributed by atoms with Crippen LogP contribution in [-0.2, 0) is 7.05 Å². The van der Waals surface area contributed by atoms with E-state index in [-0.39, 0.29) is 6.04 Å². The summed E-state index contributed by atoms with van der Waals surface area (Å²) in [6.07, 6.45) is 1.72. The standard InChI is InChI=1S/C8H12N4/c1-6-7(5-11-12(6)3)8(4-9)10-2/h5,8,10H,1-3H3. The summed E-state index contributed by atoms with van der Waals surface area (Å²) in [5, 5.41) is 15.7. The quantitative estimate of drug-likeness (QED) is 0.693. The molecule has 0 amide bonds. The molecule has 0 aliphatic heterocycles. The fourth-order valence-electron chi connectivity index (χ4n) is 1.09. The maximum absolute atomic E-state index is 8.76. The van der Waals surface area contributed by atoms with Crippen LogP contribution < -0.4 is 5.32 Å². The average molecular weight is 164 g/mol. The van der Waals surface area contributed by atoms with Crippen molar-refractivity contribution in [2.45, 2.75) is 13.0 Å². The molecule has 1 aromatic rings. The number of nitriles is 1. The van der Waals surface area contributed by atoms with E-state index >= 15 is 0 Å². The number of rotatable bonds is 2. The first-order valence-corrected chi connectivity index (χ1v) is 3.76. The molecule has 1 atom stereocenters. The molecular formula is C8H12N4. The summed E-state index contributed by atoms with van der Waals surface area (Å²) >= 11 is 0. The first kappa shape index (κ1) is 8.75. The molecule has 0 aliphatic carbocycles. The molecule has 1 unspecified atom stereocenters. The van der Waals surface area contributed by atoms with Crippen molar-refractivity contribution < 1.29 is 0 Å². The highest BCUT2D eigenvalue weighted by molar-refractivity contribution is 5.25. The second-order valence-electron chi connectivity index (χ2n) is 2.66. The molecule has 0 radical (unpaired) electrons. The van der Waals surface area contributed by atoms with E-state index in [0.717, 1.165) is 11.3 Å². The van der Waals surface area contributed by atoms with Gasteiger partial charge in [-0.05, 0) is 14.0 Å². The summed E-state index contributed by atoms with van der Waals surface area (Å²) in [6, 6.07) is 1.91. The van der Waals surface area contributed by atoms with E-state index in [0.29, 0.717) is 0 Å². The van der Waals surface area contributed by atoms with Gasteiger partial charge in [-0.1, -0.05) is 0 Å². The Bertz CT molecular complexity index is 307. The van der Waals surface area contributed by atoms with Gasteiger partial charge in [-0.25, -0.2) is 0 Å². The van der Waals surface area contributed by atoms with Crippen molar-refractivity contribution in [2.24, 2.45) is 7.05 Å². The second-order valence-corrected chi connectivity index (χ2v) is 2.66. The van der Waals surface area contributed by atoms with E-state index in [1.165, 1.54) is 0 Å². The third-order valence-corrected chi connectivity index (χ3v) is 2.00. The molecule has 0 bridgehead atoms. The van der Waals surface area contributed by atoms with Gasteiger partial charge in [0.1, 0.15) is 6.04 Å². The minimum atomic E-state index is -0.251. The lowest BCUT2D eigenvalue weighted by atomic mass is 10.1. The number of hydrogen-bond acceptors (Lipinski definition) is 3. The lowest BCUT2D eigenvalue weighted by Crippen LogP contribution is -2.14. The largest absolute Gasteiger partial charge is 0.301 e. The molecular weight excluding hydrogens is 152 g/mol. The third-order valence-electron chi connectivity index (χ3n) is 2.00. The van der Waals surface area contributed by atoms with Crippen molar-refractivity contribution >= 4 is 0 Å². The zero-order chi connectivity index (χ0) is 9.14. The van der Waals surface area contributed by atoms with Crippen LogP contribution >= 0.6 is 0 Å². The minimum Gasteiger partial charge on any atom is -0.301 e. The van der Waals surface area contributed by atoms with E-state index in [1.54, 1.807) is 17.9 Å². The molecule has 0 fully saturated rings. The summed E-state index contributed by atoms with van der Waals surface area (Å²) in [6.45, 7) is 1.95. The SMILES string of the molecule is CNC(C#N)c1cnn(C)c1C. The third kappa shape index (κ3) is 1.31. The molecule has 1 aromatic heterocycles. The number of aromatic nitrogens is 2. The van der Waals surface area contributed by atoms with E-state index in [2.05, 4.69) is 16.5 Å². The Labute approximate surface area is 71.8 Å². The van der Waals surface area contributed by atoms with Gasteiger partial charge in [-0.2, -0.15) is 10.4 Å². The fraction of sp³-hybridized carbons (Fsp3) is 0.500. The van der Waals surface area contributed by atoms with Gasteiger partial charge in [0.05, 0.1) is 12.3 Å². The van der Waals surface area contributed by atoms with Gasteiger partial charge in [0.2, 0.25) is 0 Å². The monoisotopic (exact) mass is 164 g/mol. The van der Waals surface area contributed by atoms with Crippen molar-refractivity contribution in [3.05, 3.63) is 17.5 Å². The number of hydrogen-bond donors (Lipinski definition) is 1. The number of nitrogens with zero attached hydrogens (tertiary/aromatic N) is 3. The van der Waals surface area contributed by atoms with E-state index in [4.69, 9.17) is 5.26 Å². The molecule has 0 saturated carbocycles. The van der Waals surface area contributed by atoms with Gasteiger partial charge >= 0.3 is 0 Å². The summed E-state index contributed by atoms with van der Waals surface area (Å²) in [4.78, 5) is 0. The Balaban J connectivity index is 3.03. The Hall–Kier alpha value is -1.34. The van der Waals surface area contributed by atoms with Crippen molar-refractivity contribution in [1.82, 2.24) is 15.1 Å². The first-order valence-electron chi connectivity index (χ1n) is 3.76. The highest BCUT2D eigenvalue weighted by Crippen LogP contribution is 2.14. The normalized spacial score (nSPS) is 12.5. The van der Waals surface area contributed by atoms with Crippen LogP contribution in [0.4, 0.5) is 0 Å². The predicted molar refractivity (Wildman–Crippen MR) is 45.4 cm³/mol. The maximum atomic E-state index is 8.76. The van der Waals surface area contributed by atoms with Crippen LogP contribution in [-0.4, -0.2) is 16.8 Å². The molecule has 0 aliphatic rings. The summed E-state index contributed by atoms with van der Waals surface area (Å²) in [7, 11) is 3.63. The summed E-state index contributed by atoms with van der Waals surface area (Å²) in [5.41, 5.74) is 1.97. The lowest BCUT2D eigenvalue weighted by molar-refractivity contribution is 0.706. The summed E-state index contributed by atoms with van der Waals surface area (Å²) < 4.78 is 1.76. The molecule has 64 valence electrons. The van der Waals surface area contributed by atoms with Crippen LogP contribution in [0.3, 0.4) is 0 Å². The topological polar surface area (TPSA) is 53.6 Å². The molecule has 1 heterocycles. The minimum absolute atomic E-state index is 0.251. The Morgan fingerprint density at radius 2 is 2.42 bits per heavy atom. The molecule has 12 heavy (non-hydrogen) atoms. The van der Waals surface area contributed by atoms with Gasteiger partial charge < -0.3 is 5.32 Å². The summed E-state index contributed by atoms with van der Waals surface area (Å²) in [5.74, 6) is 0. The molecule has 0 spiro atoms. The number of nitrogens with one attached hydrogen (secondary N) is 1. The van der Waals surface area contributed by atoms with Gasteiger partial charge in [-0.15, -0.1) is 0 Å². The average Bonchev–Trinajstić information content (AvgIpc) is 2.38. The Morgan fingerprint density at radius 1 is 1.75 bits per heavy atom. The van der Waals surface area contributed by atoms with Crippen LogP contribution in [0.15, 0.2) is 6.20 Å². The van der Waals surface area contributed by atoms with E-state index in [9.17, 15) is 0 Å². The molecule has 1 N–H and O–H groups in total. The molecule has 1 rings (SSSR count). The van der Waals surface area contributed by atoms with Crippen molar-refractivity contribution in [3.8, 4) is 6.07 Å².